The van der Waals surface area contributed by atoms with Crippen molar-refractivity contribution in [3.05, 3.63) is 30.3 Å². The van der Waals surface area contributed by atoms with Crippen LogP contribution in [0.5, 0.6) is 0 Å². The molecule has 0 spiro atoms. The zero-order chi connectivity index (χ0) is 11.6. The Balaban J connectivity index is 2.12. The molecule has 1 aliphatic heterocycles. The van der Waals surface area contributed by atoms with E-state index in [4.69, 9.17) is 4.74 Å². The van der Waals surface area contributed by atoms with E-state index in [9.17, 15) is 4.79 Å². The van der Waals surface area contributed by atoms with E-state index in [2.05, 4.69) is 10.5 Å². The topological polar surface area (TPSA) is 50.7 Å². The third-order valence-electron chi connectivity index (χ3n) is 2.67. The molecule has 4 nitrogen and oxygen atoms in total. The van der Waals surface area contributed by atoms with Gasteiger partial charge in [-0.3, -0.25) is 10.2 Å². The van der Waals surface area contributed by atoms with Crippen LogP contribution >= 0.6 is 0 Å². The molecule has 1 N–H and O–H groups in total. The Morgan fingerprint density at radius 2 is 2.00 bits per heavy atom. The van der Waals surface area contributed by atoms with Crippen LogP contribution in [-0.2, 0) is 9.53 Å². The molecule has 1 aliphatic rings. The van der Waals surface area contributed by atoms with Gasteiger partial charge in [-0.05, 0) is 26.0 Å². The summed E-state index contributed by atoms with van der Waals surface area (Å²) in [5.41, 5.74) is 3.91. The Bertz CT molecular complexity index is 424. The fraction of sp³-hybridized carbons (Fsp3) is 0.333. The van der Waals surface area contributed by atoms with Crippen LogP contribution in [0, 0.1) is 5.41 Å². The summed E-state index contributed by atoms with van der Waals surface area (Å²) < 4.78 is 4.96. The molecule has 1 saturated heterocycles. The van der Waals surface area contributed by atoms with E-state index in [1.165, 1.54) is 0 Å². The first-order chi connectivity index (χ1) is 7.60. The monoisotopic (exact) mass is 218 g/mol. The maximum atomic E-state index is 11.4. The first-order valence-electron chi connectivity index (χ1n) is 5.16. The molecule has 2 rings (SSSR count). The number of para-hydroxylation sites is 1. The normalized spacial score (nSPS) is 20.9. The number of carbonyl (C=O) groups is 1. The van der Waals surface area contributed by atoms with Crippen LogP contribution in [0.4, 0.5) is 5.69 Å². The van der Waals surface area contributed by atoms with Gasteiger partial charge in [-0.1, -0.05) is 18.2 Å². The third-order valence-corrected chi connectivity index (χ3v) is 2.67. The molecule has 4 heteroatoms. The molecule has 84 valence electrons. The smallest absolute Gasteiger partial charge is 0.317 e. The summed E-state index contributed by atoms with van der Waals surface area (Å²) >= 11 is 0. The fourth-order valence-electron chi connectivity index (χ4n) is 1.43. The molecular formula is C12H14N2O2. The Morgan fingerprint density at radius 1 is 1.31 bits per heavy atom. The number of hydrogen-bond acceptors (Lipinski definition) is 4. The van der Waals surface area contributed by atoms with Crippen molar-refractivity contribution in [2.75, 3.05) is 12.0 Å². The molecule has 0 aromatic heterocycles. The van der Waals surface area contributed by atoms with Crippen LogP contribution in [0.1, 0.15) is 13.8 Å². The first-order valence-corrected chi connectivity index (χ1v) is 5.16. The van der Waals surface area contributed by atoms with Crippen LogP contribution in [0.2, 0.25) is 0 Å². The van der Waals surface area contributed by atoms with Gasteiger partial charge in [0.15, 0.2) is 0 Å². The van der Waals surface area contributed by atoms with E-state index < -0.39 is 5.41 Å². The Kier molecular flexibility index (Phi) is 2.64. The molecule has 1 aromatic carbocycles. The van der Waals surface area contributed by atoms with Gasteiger partial charge in [-0.15, -0.1) is 0 Å². The standard InChI is InChI=1S/C12H14N2O2/c1-12(2)10(8-16-11(12)15)14-13-9-6-4-3-5-7-9/h3-7,13H,8H2,1-2H3. The number of carbonyl (C=O) groups excluding carboxylic acids is 1. The number of nitrogens with zero attached hydrogens (tertiary/aromatic N) is 1. The minimum atomic E-state index is -0.623. The molecule has 0 unspecified atom stereocenters. The van der Waals surface area contributed by atoms with Crippen LogP contribution in [0.15, 0.2) is 35.4 Å². The molecular weight excluding hydrogens is 204 g/mol. The van der Waals surface area contributed by atoms with Crippen molar-refractivity contribution in [3.8, 4) is 0 Å². The Morgan fingerprint density at radius 3 is 2.56 bits per heavy atom. The molecule has 0 amide bonds. The lowest BCUT2D eigenvalue weighted by Gasteiger charge is -2.12. The highest BCUT2D eigenvalue weighted by atomic mass is 16.5. The van der Waals surface area contributed by atoms with Crippen molar-refractivity contribution in [1.82, 2.24) is 0 Å². The number of ether oxygens (including phenoxy) is 1. The van der Waals surface area contributed by atoms with E-state index in [1.807, 2.05) is 44.2 Å². The van der Waals surface area contributed by atoms with Gasteiger partial charge in [-0.25, -0.2) is 0 Å². The summed E-state index contributed by atoms with van der Waals surface area (Å²) in [6.07, 6.45) is 0. The second-order valence-corrected chi connectivity index (χ2v) is 4.24. The SMILES string of the molecule is CC1(C)C(=O)OCC1=NNc1ccccc1. The Hall–Kier alpha value is -1.84. The highest BCUT2D eigenvalue weighted by Gasteiger charge is 2.41. The predicted molar refractivity (Wildman–Crippen MR) is 62.2 cm³/mol. The van der Waals surface area contributed by atoms with Crippen molar-refractivity contribution in [1.29, 1.82) is 0 Å². The summed E-state index contributed by atoms with van der Waals surface area (Å²) in [7, 11) is 0. The van der Waals surface area contributed by atoms with Gasteiger partial charge in [-0.2, -0.15) is 5.10 Å². The zero-order valence-electron chi connectivity index (χ0n) is 9.36. The van der Waals surface area contributed by atoms with Gasteiger partial charge >= 0.3 is 5.97 Å². The summed E-state index contributed by atoms with van der Waals surface area (Å²) in [6.45, 7) is 3.90. The molecule has 1 fully saturated rings. The number of cyclic esters (lactones) is 1. The third kappa shape index (κ3) is 1.91. The molecule has 0 bridgehead atoms. The van der Waals surface area contributed by atoms with Crippen LogP contribution in [0.25, 0.3) is 0 Å². The summed E-state index contributed by atoms with van der Waals surface area (Å²) in [4.78, 5) is 11.4. The second-order valence-electron chi connectivity index (χ2n) is 4.24. The van der Waals surface area contributed by atoms with Crippen molar-refractivity contribution < 1.29 is 9.53 Å². The van der Waals surface area contributed by atoms with E-state index in [0.717, 1.165) is 11.4 Å². The lowest BCUT2D eigenvalue weighted by atomic mass is 9.90. The average molecular weight is 218 g/mol. The predicted octanol–water partition coefficient (Wildman–Crippen LogP) is 2.04. The maximum Gasteiger partial charge on any atom is 0.317 e. The number of benzene rings is 1. The lowest BCUT2D eigenvalue weighted by molar-refractivity contribution is -0.144. The number of rotatable bonds is 2. The number of nitrogens with one attached hydrogen (secondary N) is 1. The van der Waals surface area contributed by atoms with Crippen LogP contribution in [-0.4, -0.2) is 18.3 Å². The largest absolute Gasteiger partial charge is 0.459 e. The van der Waals surface area contributed by atoms with E-state index in [0.29, 0.717) is 0 Å². The molecule has 16 heavy (non-hydrogen) atoms. The van der Waals surface area contributed by atoms with Crippen molar-refractivity contribution in [2.45, 2.75) is 13.8 Å². The van der Waals surface area contributed by atoms with E-state index in [1.54, 1.807) is 0 Å². The van der Waals surface area contributed by atoms with E-state index >= 15 is 0 Å². The summed E-state index contributed by atoms with van der Waals surface area (Å²) in [5, 5.41) is 4.22. The zero-order valence-corrected chi connectivity index (χ0v) is 9.36. The van der Waals surface area contributed by atoms with Gasteiger partial charge in [0.05, 0.1) is 11.4 Å². The second kappa shape index (κ2) is 3.96. The minimum Gasteiger partial charge on any atom is -0.459 e. The van der Waals surface area contributed by atoms with Gasteiger partial charge in [0.25, 0.3) is 0 Å². The van der Waals surface area contributed by atoms with Crippen molar-refractivity contribution in [3.63, 3.8) is 0 Å². The molecule has 0 aliphatic carbocycles. The highest BCUT2D eigenvalue weighted by molar-refractivity contribution is 6.11. The van der Waals surface area contributed by atoms with Crippen molar-refractivity contribution in [2.24, 2.45) is 10.5 Å². The molecule has 0 saturated carbocycles. The number of hydrogen-bond donors (Lipinski definition) is 1. The van der Waals surface area contributed by atoms with E-state index in [-0.39, 0.29) is 12.6 Å². The number of anilines is 1. The first kappa shape index (κ1) is 10.7. The molecule has 1 heterocycles. The van der Waals surface area contributed by atoms with Crippen LogP contribution < -0.4 is 5.43 Å². The fourth-order valence-corrected chi connectivity index (χ4v) is 1.43. The summed E-state index contributed by atoms with van der Waals surface area (Å²) in [5.74, 6) is -0.221. The molecule has 0 atom stereocenters. The van der Waals surface area contributed by atoms with Gasteiger partial charge in [0, 0.05) is 0 Å². The highest BCUT2D eigenvalue weighted by Crippen LogP contribution is 2.26. The number of esters is 1. The molecule has 1 aromatic rings. The minimum absolute atomic E-state index is 0.221. The quantitative estimate of drug-likeness (QED) is 0.610. The van der Waals surface area contributed by atoms with Crippen LogP contribution in [0.3, 0.4) is 0 Å². The molecule has 0 radical (unpaired) electrons. The lowest BCUT2D eigenvalue weighted by Crippen LogP contribution is -2.26. The Labute approximate surface area is 94.3 Å². The summed E-state index contributed by atoms with van der Waals surface area (Å²) in [6, 6.07) is 9.60. The number of hydrazone groups is 1. The van der Waals surface area contributed by atoms with Gasteiger partial charge < -0.3 is 4.74 Å². The van der Waals surface area contributed by atoms with Crippen molar-refractivity contribution >= 4 is 17.4 Å². The van der Waals surface area contributed by atoms with Gasteiger partial charge in [0.2, 0.25) is 0 Å². The maximum absolute atomic E-state index is 11.4. The average Bonchev–Trinajstić information content (AvgIpc) is 2.53. The van der Waals surface area contributed by atoms with Gasteiger partial charge in [0.1, 0.15) is 12.0 Å².